The van der Waals surface area contributed by atoms with Crippen LogP contribution in [0.15, 0.2) is 28.7 Å². The average molecular weight is 356 g/mol. The van der Waals surface area contributed by atoms with E-state index in [1.54, 1.807) is 19.1 Å². The Balaban J connectivity index is 2.56. The Morgan fingerprint density at radius 1 is 1.29 bits per heavy atom. The van der Waals surface area contributed by atoms with Gasteiger partial charge in [-0.05, 0) is 35.0 Å². The molecule has 1 atom stereocenters. The second-order valence-corrected chi connectivity index (χ2v) is 5.50. The van der Waals surface area contributed by atoms with Crippen LogP contribution in [0.2, 0.25) is 0 Å². The number of nitrogens with zero attached hydrogens (tertiary/aromatic N) is 1. The van der Waals surface area contributed by atoms with E-state index in [2.05, 4.69) is 26.6 Å². The minimum Gasteiger partial charge on any atom is -0.345 e. The number of para-hydroxylation sites is 1. The molecule has 7 heteroatoms. The van der Waals surface area contributed by atoms with Crippen LogP contribution >= 0.6 is 15.9 Å². The Labute approximate surface area is 132 Å². The standard InChI is InChI=1S/C14H18BrN3O3/c1-9(16-10(2)19)14(21)18(3)8-13(20)17-12-7-5-4-6-11(12)15/h4-7,9H,8H2,1-3H3,(H,16,19)(H,17,20). The number of likely N-dealkylation sites (N-methyl/N-ethyl adjacent to an activating group) is 1. The molecular formula is C14H18BrN3O3. The largest absolute Gasteiger partial charge is 0.345 e. The molecule has 6 nitrogen and oxygen atoms in total. The van der Waals surface area contributed by atoms with Gasteiger partial charge in [0.1, 0.15) is 6.04 Å². The summed E-state index contributed by atoms with van der Waals surface area (Å²) in [6, 6.07) is 6.54. The summed E-state index contributed by atoms with van der Waals surface area (Å²) in [6.07, 6.45) is 0. The minimum atomic E-state index is -0.663. The molecule has 0 fully saturated rings. The highest BCUT2D eigenvalue weighted by atomic mass is 79.9. The van der Waals surface area contributed by atoms with Gasteiger partial charge in [-0.1, -0.05) is 12.1 Å². The Hall–Kier alpha value is -1.89. The summed E-state index contributed by atoms with van der Waals surface area (Å²) >= 11 is 3.33. The predicted octanol–water partition coefficient (Wildman–Crippen LogP) is 1.37. The van der Waals surface area contributed by atoms with Gasteiger partial charge < -0.3 is 15.5 Å². The molecule has 0 aliphatic heterocycles. The van der Waals surface area contributed by atoms with Crippen LogP contribution in [0.1, 0.15) is 13.8 Å². The number of amides is 3. The third kappa shape index (κ3) is 5.55. The van der Waals surface area contributed by atoms with Crippen LogP contribution in [-0.4, -0.2) is 42.3 Å². The molecule has 1 unspecified atom stereocenters. The highest BCUT2D eigenvalue weighted by Gasteiger charge is 2.20. The van der Waals surface area contributed by atoms with E-state index in [4.69, 9.17) is 0 Å². The first kappa shape index (κ1) is 17.2. The third-order valence-electron chi connectivity index (χ3n) is 2.70. The quantitative estimate of drug-likeness (QED) is 0.837. The van der Waals surface area contributed by atoms with Gasteiger partial charge >= 0.3 is 0 Å². The molecule has 0 aliphatic rings. The van der Waals surface area contributed by atoms with E-state index in [0.29, 0.717) is 5.69 Å². The van der Waals surface area contributed by atoms with Crippen molar-refractivity contribution in [3.05, 3.63) is 28.7 Å². The number of rotatable bonds is 5. The molecule has 0 spiro atoms. The highest BCUT2D eigenvalue weighted by molar-refractivity contribution is 9.10. The van der Waals surface area contributed by atoms with Gasteiger partial charge in [0.15, 0.2) is 0 Å². The number of nitrogens with one attached hydrogen (secondary N) is 2. The first-order chi connectivity index (χ1) is 9.81. The summed E-state index contributed by atoms with van der Waals surface area (Å²) in [7, 11) is 1.51. The topological polar surface area (TPSA) is 78.5 Å². The lowest BCUT2D eigenvalue weighted by molar-refractivity contribution is -0.136. The molecule has 0 aromatic heterocycles. The van der Waals surface area contributed by atoms with Crippen LogP contribution in [0.4, 0.5) is 5.69 Å². The molecule has 114 valence electrons. The molecule has 21 heavy (non-hydrogen) atoms. The number of hydrogen-bond donors (Lipinski definition) is 2. The van der Waals surface area contributed by atoms with Gasteiger partial charge in [-0.3, -0.25) is 14.4 Å². The van der Waals surface area contributed by atoms with Crippen molar-refractivity contribution >= 4 is 39.3 Å². The molecular weight excluding hydrogens is 338 g/mol. The van der Waals surface area contributed by atoms with Crippen LogP contribution in [-0.2, 0) is 14.4 Å². The maximum Gasteiger partial charge on any atom is 0.245 e. The van der Waals surface area contributed by atoms with Crippen molar-refractivity contribution in [3.63, 3.8) is 0 Å². The summed E-state index contributed by atoms with van der Waals surface area (Å²) in [5.41, 5.74) is 0.637. The van der Waals surface area contributed by atoms with Crippen molar-refractivity contribution in [1.29, 1.82) is 0 Å². The van der Waals surface area contributed by atoms with Gasteiger partial charge in [0.05, 0.1) is 12.2 Å². The molecule has 2 N–H and O–H groups in total. The van der Waals surface area contributed by atoms with Gasteiger partial charge in [0.2, 0.25) is 17.7 Å². The van der Waals surface area contributed by atoms with Crippen molar-refractivity contribution in [2.75, 3.05) is 18.9 Å². The highest BCUT2D eigenvalue weighted by Crippen LogP contribution is 2.20. The monoisotopic (exact) mass is 355 g/mol. The summed E-state index contributed by atoms with van der Waals surface area (Å²) in [5.74, 6) is -0.929. The smallest absolute Gasteiger partial charge is 0.245 e. The summed E-state index contributed by atoms with van der Waals surface area (Å²) in [5, 5.41) is 5.19. The van der Waals surface area contributed by atoms with E-state index < -0.39 is 6.04 Å². The van der Waals surface area contributed by atoms with E-state index in [0.717, 1.165) is 4.47 Å². The minimum absolute atomic E-state index is 0.0932. The van der Waals surface area contributed by atoms with Crippen LogP contribution in [0.3, 0.4) is 0 Å². The summed E-state index contributed by atoms with van der Waals surface area (Å²) in [6.45, 7) is 2.82. The summed E-state index contributed by atoms with van der Waals surface area (Å²) in [4.78, 5) is 36.1. The number of anilines is 1. The van der Waals surface area contributed by atoms with E-state index in [1.807, 2.05) is 12.1 Å². The number of hydrogen-bond acceptors (Lipinski definition) is 3. The van der Waals surface area contributed by atoms with E-state index in [9.17, 15) is 14.4 Å². The second kappa shape index (κ2) is 7.78. The SMILES string of the molecule is CC(=O)NC(C)C(=O)N(C)CC(=O)Nc1ccccc1Br. The van der Waals surface area contributed by atoms with E-state index in [-0.39, 0.29) is 24.3 Å². The number of halogens is 1. The first-order valence-electron chi connectivity index (χ1n) is 6.37. The third-order valence-corrected chi connectivity index (χ3v) is 3.39. The van der Waals surface area contributed by atoms with Crippen LogP contribution < -0.4 is 10.6 Å². The molecule has 0 heterocycles. The van der Waals surface area contributed by atoms with Crippen molar-refractivity contribution < 1.29 is 14.4 Å². The molecule has 0 aliphatic carbocycles. The fourth-order valence-corrected chi connectivity index (χ4v) is 2.13. The molecule has 0 saturated heterocycles. The average Bonchev–Trinajstić information content (AvgIpc) is 2.39. The Kier molecular flexibility index (Phi) is 6.36. The zero-order chi connectivity index (χ0) is 16.0. The van der Waals surface area contributed by atoms with Crippen molar-refractivity contribution in [2.45, 2.75) is 19.9 Å². The Morgan fingerprint density at radius 3 is 2.48 bits per heavy atom. The molecule has 1 aromatic rings. The number of carbonyl (C=O) groups is 3. The van der Waals surface area contributed by atoms with Gasteiger partial charge in [-0.2, -0.15) is 0 Å². The molecule has 0 radical (unpaired) electrons. The molecule has 1 rings (SSSR count). The molecule has 0 saturated carbocycles. The zero-order valence-corrected chi connectivity index (χ0v) is 13.7. The molecule has 3 amide bonds. The van der Waals surface area contributed by atoms with E-state index in [1.165, 1.54) is 18.9 Å². The maximum atomic E-state index is 12.0. The van der Waals surface area contributed by atoms with Crippen molar-refractivity contribution in [3.8, 4) is 0 Å². The van der Waals surface area contributed by atoms with Crippen molar-refractivity contribution in [2.24, 2.45) is 0 Å². The molecule has 0 bridgehead atoms. The van der Waals surface area contributed by atoms with E-state index >= 15 is 0 Å². The second-order valence-electron chi connectivity index (χ2n) is 4.64. The first-order valence-corrected chi connectivity index (χ1v) is 7.17. The number of benzene rings is 1. The van der Waals surface area contributed by atoms with Crippen LogP contribution in [0.25, 0.3) is 0 Å². The lowest BCUT2D eigenvalue weighted by atomic mass is 10.3. The zero-order valence-electron chi connectivity index (χ0n) is 12.1. The Morgan fingerprint density at radius 2 is 1.90 bits per heavy atom. The van der Waals surface area contributed by atoms with Gasteiger partial charge in [0.25, 0.3) is 0 Å². The van der Waals surface area contributed by atoms with Crippen LogP contribution in [0.5, 0.6) is 0 Å². The van der Waals surface area contributed by atoms with Crippen LogP contribution in [0, 0.1) is 0 Å². The summed E-state index contributed by atoms with van der Waals surface area (Å²) < 4.78 is 0.763. The fraction of sp³-hybridized carbons (Fsp3) is 0.357. The number of carbonyl (C=O) groups excluding carboxylic acids is 3. The lowest BCUT2D eigenvalue weighted by Gasteiger charge is -2.21. The predicted molar refractivity (Wildman–Crippen MR) is 83.7 cm³/mol. The fourth-order valence-electron chi connectivity index (χ4n) is 1.74. The van der Waals surface area contributed by atoms with Gasteiger partial charge in [-0.15, -0.1) is 0 Å². The van der Waals surface area contributed by atoms with Crippen molar-refractivity contribution in [1.82, 2.24) is 10.2 Å². The lowest BCUT2D eigenvalue weighted by Crippen LogP contribution is -2.46. The Bertz CT molecular complexity index is 548. The molecule has 1 aromatic carbocycles. The van der Waals surface area contributed by atoms with Gasteiger partial charge in [-0.25, -0.2) is 0 Å². The normalized spacial score (nSPS) is 11.4. The van der Waals surface area contributed by atoms with Gasteiger partial charge in [0, 0.05) is 18.4 Å². The maximum absolute atomic E-state index is 12.0.